The largest absolute Gasteiger partial charge is 0.339 e. The van der Waals surface area contributed by atoms with Gasteiger partial charge in [-0.1, -0.05) is 32.4 Å². The predicted molar refractivity (Wildman–Crippen MR) is 70.4 cm³/mol. The topological polar surface area (TPSA) is 20.3 Å². The predicted octanol–water partition coefficient (Wildman–Crippen LogP) is 3.55. The number of nitrogens with zero attached hydrogens (tertiary/aromatic N) is 1. The first kappa shape index (κ1) is 14.9. The van der Waals surface area contributed by atoms with E-state index in [4.69, 9.17) is 0 Å². The van der Waals surface area contributed by atoms with Crippen molar-refractivity contribution in [2.75, 3.05) is 13.1 Å². The highest BCUT2D eigenvalue weighted by Gasteiger charge is 2.08. The number of carbonyl (C=O) groups excluding carboxylic acids is 1. The Bertz CT molecular complexity index is 211. The molecule has 0 saturated heterocycles. The first-order valence-electron chi connectivity index (χ1n) is 6.28. The minimum absolute atomic E-state index is 0.0668. The molecule has 0 aliphatic rings. The lowest BCUT2D eigenvalue weighted by Crippen LogP contribution is -2.31. The fourth-order valence-electron chi connectivity index (χ4n) is 1.58. The summed E-state index contributed by atoms with van der Waals surface area (Å²) in [5.41, 5.74) is 0. The molecule has 1 amide bonds. The second kappa shape index (κ2) is 10.5. The molecule has 0 aromatic carbocycles. The molecule has 16 heavy (non-hydrogen) atoms. The summed E-state index contributed by atoms with van der Waals surface area (Å²) in [6.07, 6.45) is 10.1. The summed E-state index contributed by atoms with van der Waals surface area (Å²) in [4.78, 5) is 13.4. The maximum atomic E-state index is 11.5. The third-order valence-corrected chi connectivity index (χ3v) is 2.60. The van der Waals surface area contributed by atoms with Crippen molar-refractivity contribution in [3.63, 3.8) is 0 Å². The molecule has 0 heterocycles. The second-order valence-electron chi connectivity index (χ2n) is 4.02. The quantitative estimate of drug-likeness (QED) is 0.315. The molecule has 0 aliphatic carbocycles. The van der Waals surface area contributed by atoms with Crippen LogP contribution in [0.5, 0.6) is 0 Å². The van der Waals surface area contributed by atoms with Crippen molar-refractivity contribution >= 4 is 5.91 Å². The summed E-state index contributed by atoms with van der Waals surface area (Å²) in [6, 6.07) is 0. The zero-order valence-corrected chi connectivity index (χ0v) is 10.6. The zero-order chi connectivity index (χ0) is 12.2. The van der Waals surface area contributed by atoms with Crippen LogP contribution in [-0.2, 0) is 4.79 Å². The van der Waals surface area contributed by atoms with Crippen LogP contribution in [0.15, 0.2) is 25.3 Å². The monoisotopic (exact) mass is 223 g/mol. The van der Waals surface area contributed by atoms with Crippen LogP contribution in [-0.4, -0.2) is 23.9 Å². The van der Waals surface area contributed by atoms with Gasteiger partial charge in [0.1, 0.15) is 0 Å². The van der Waals surface area contributed by atoms with Gasteiger partial charge in [-0.05, 0) is 31.8 Å². The summed E-state index contributed by atoms with van der Waals surface area (Å²) in [6.45, 7) is 11.1. The lowest BCUT2D eigenvalue weighted by Gasteiger charge is -2.20. The van der Waals surface area contributed by atoms with Gasteiger partial charge in [0.15, 0.2) is 0 Å². The first-order chi connectivity index (χ1) is 7.76. The maximum absolute atomic E-state index is 11.5. The van der Waals surface area contributed by atoms with Gasteiger partial charge < -0.3 is 4.90 Å². The van der Waals surface area contributed by atoms with E-state index in [0.717, 1.165) is 38.8 Å². The number of unbranched alkanes of at least 4 members (excludes halogenated alkanes) is 4. The third-order valence-electron chi connectivity index (χ3n) is 2.60. The Morgan fingerprint density at radius 1 is 1.12 bits per heavy atom. The molecule has 0 aromatic rings. The van der Waals surface area contributed by atoms with Gasteiger partial charge in [-0.25, -0.2) is 0 Å². The van der Waals surface area contributed by atoms with Gasteiger partial charge in [0.2, 0.25) is 5.91 Å². The van der Waals surface area contributed by atoms with Gasteiger partial charge in [-0.2, -0.15) is 0 Å². The lowest BCUT2D eigenvalue weighted by atomic mass is 10.2. The average molecular weight is 223 g/mol. The fraction of sp³-hybridized carbons (Fsp3) is 0.643. The Morgan fingerprint density at radius 3 is 2.38 bits per heavy atom. The summed E-state index contributed by atoms with van der Waals surface area (Å²) in [7, 11) is 0. The highest BCUT2D eigenvalue weighted by atomic mass is 16.2. The first-order valence-corrected chi connectivity index (χ1v) is 6.28. The Kier molecular flexibility index (Phi) is 9.78. The SMILES string of the molecule is C=CCCCCCN(CCCC)C(=O)C=C. The molecule has 0 spiro atoms. The molecular formula is C14H25NO. The van der Waals surface area contributed by atoms with E-state index < -0.39 is 0 Å². The lowest BCUT2D eigenvalue weighted by molar-refractivity contribution is -0.126. The van der Waals surface area contributed by atoms with Crippen molar-refractivity contribution in [2.45, 2.75) is 45.4 Å². The summed E-state index contributed by atoms with van der Waals surface area (Å²) in [5.74, 6) is 0.0668. The number of rotatable bonds is 10. The van der Waals surface area contributed by atoms with Crippen LogP contribution in [0.2, 0.25) is 0 Å². The minimum atomic E-state index is 0.0668. The van der Waals surface area contributed by atoms with Crippen LogP contribution in [0.1, 0.15) is 45.4 Å². The van der Waals surface area contributed by atoms with E-state index in [1.165, 1.54) is 18.9 Å². The van der Waals surface area contributed by atoms with Crippen LogP contribution in [0.25, 0.3) is 0 Å². The molecule has 0 atom stereocenters. The van der Waals surface area contributed by atoms with Gasteiger partial charge >= 0.3 is 0 Å². The number of hydrogen-bond acceptors (Lipinski definition) is 1. The van der Waals surface area contributed by atoms with E-state index in [9.17, 15) is 4.79 Å². The Balaban J connectivity index is 3.77. The number of carbonyl (C=O) groups is 1. The summed E-state index contributed by atoms with van der Waals surface area (Å²) < 4.78 is 0. The number of allylic oxidation sites excluding steroid dienone is 1. The molecule has 0 N–H and O–H groups in total. The molecule has 2 nitrogen and oxygen atoms in total. The minimum Gasteiger partial charge on any atom is -0.339 e. The maximum Gasteiger partial charge on any atom is 0.245 e. The third kappa shape index (κ3) is 7.27. The molecule has 0 aromatic heterocycles. The molecule has 0 saturated carbocycles. The van der Waals surface area contributed by atoms with Crippen molar-refractivity contribution in [1.29, 1.82) is 0 Å². The van der Waals surface area contributed by atoms with Crippen LogP contribution >= 0.6 is 0 Å². The van der Waals surface area contributed by atoms with Crippen LogP contribution < -0.4 is 0 Å². The van der Waals surface area contributed by atoms with Crippen LogP contribution in [0.4, 0.5) is 0 Å². The summed E-state index contributed by atoms with van der Waals surface area (Å²) >= 11 is 0. The molecule has 0 radical (unpaired) electrons. The molecule has 92 valence electrons. The van der Waals surface area contributed by atoms with Crippen molar-refractivity contribution in [2.24, 2.45) is 0 Å². The molecule has 0 unspecified atom stereocenters. The highest BCUT2D eigenvalue weighted by molar-refractivity contribution is 5.86. The van der Waals surface area contributed by atoms with E-state index in [1.807, 2.05) is 11.0 Å². The Labute approximate surface area is 100 Å². The van der Waals surface area contributed by atoms with Crippen molar-refractivity contribution in [1.82, 2.24) is 4.90 Å². The number of amides is 1. The Morgan fingerprint density at radius 2 is 1.81 bits per heavy atom. The van der Waals surface area contributed by atoms with Crippen molar-refractivity contribution < 1.29 is 4.79 Å². The normalized spacial score (nSPS) is 9.81. The van der Waals surface area contributed by atoms with Gasteiger partial charge in [0.05, 0.1) is 0 Å². The number of hydrogen-bond donors (Lipinski definition) is 0. The zero-order valence-electron chi connectivity index (χ0n) is 10.6. The highest BCUT2D eigenvalue weighted by Crippen LogP contribution is 2.04. The molecule has 0 rings (SSSR count). The van der Waals surface area contributed by atoms with Crippen LogP contribution in [0, 0.1) is 0 Å². The van der Waals surface area contributed by atoms with Crippen molar-refractivity contribution in [3.05, 3.63) is 25.3 Å². The van der Waals surface area contributed by atoms with E-state index in [-0.39, 0.29) is 5.91 Å². The standard InChI is InChI=1S/C14H25NO/c1-4-7-9-10-11-13-15(12-8-5-2)14(16)6-3/h4,6H,1,3,5,7-13H2,2H3. The van der Waals surface area contributed by atoms with Gasteiger partial charge in [0, 0.05) is 13.1 Å². The summed E-state index contributed by atoms with van der Waals surface area (Å²) in [5, 5.41) is 0. The van der Waals surface area contributed by atoms with E-state index in [1.54, 1.807) is 0 Å². The molecule has 0 aliphatic heterocycles. The van der Waals surface area contributed by atoms with Gasteiger partial charge in [-0.15, -0.1) is 6.58 Å². The van der Waals surface area contributed by atoms with Gasteiger partial charge in [-0.3, -0.25) is 4.79 Å². The molecule has 2 heteroatoms. The van der Waals surface area contributed by atoms with E-state index >= 15 is 0 Å². The van der Waals surface area contributed by atoms with Gasteiger partial charge in [0.25, 0.3) is 0 Å². The molecule has 0 fully saturated rings. The van der Waals surface area contributed by atoms with E-state index in [0.29, 0.717) is 0 Å². The van der Waals surface area contributed by atoms with Crippen molar-refractivity contribution in [3.8, 4) is 0 Å². The Hall–Kier alpha value is -1.05. The fourth-order valence-corrected chi connectivity index (χ4v) is 1.58. The van der Waals surface area contributed by atoms with Crippen LogP contribution in [0.3, 0.4) is 0 Å². The smallest absolute Gasteiger partial charge is 0.245 e. The molecule has 0 bridgehead atoms. The van der Waals surface area contributed by atoms with E-state index in [2.05, 4.69) is 20.1 Å². The second-order valence-corrected chi connectivity index (χ2v) is 4.02. The average Bonchev–Trinajstić information content (AvgIpc) is 2.31. The molecular weight excluding hydrogens is 198 g/mol.